The van der Waals surface area contributed by atoms with Crippen molar-refractivity contribution in [1.82, 2.24) is 5.43 Å². The molecular formula is C15H15ClN2O2S. The number of nitrogens with one attached hydrogen (secondary N) is 1. The van der Waals surface area contributed by atoms with E-state index in [1.165, 1.54) is 0 Å². The van der Waals surface area contributed by atoms with Gasteiger partial charge in [-0.15, -0.1) is 11.8 Å². The Morgan fingerprint density at radius 1 is 1.19 bits per heavy atom. The van der Waals surface area contributed by atoms with Crippen LogP contribution in [0.15, 0.2) is 53.4 Å². The highest BCUT2D eigenvalue weighted by Gasteiger charge is 2.03. The number of rotatable bonds is 6. The summed E-state index contributed by atoms with van der Waals surface area (Å²) >= 11 is 7.71. The second-order valence-electron chi connectivity index (χ2n) is 4.13. The van der Waals surface area contributed by atoms with Crippen molar-refractivity contribution in [2.45, 2.75) is 4.90 Å². The largest absolute Gasteiger partial charge is 0.493 e. The maximum Gasteiger partial charge on any atom is 0.265 e. The summed E-state index contributed by atoms with van der Waals surface area (Å²) in [4.78, 5) is 12.3. The fourth-order valence-electron chi connectivity index (χ4n) is 1.66. The van der Waals surface area contributed by atoms with E-state index in [1.807, 2.05) is 24.3 Å². The summed E-state index contributed by atoms with van der Waals surface area (Å²) in [6, 6.07) is 14.5. The molecule has 0 saturated carbocycles. The molecule has 1 amide bonds. The molecular weight excluding hydrogens is 308 g/mol. The maximum atomic E-state index is 11.3. The predicted octanol–water partition coefficient (Wildman–Crippen LogP) is 3.11. The summed E-state index contributed by atoms with van der Waals surface area (Å²) in [5, 5.41) is 0.750. The number of halogens is 1. The molecule has 0 aromatic heterocycles. The molecule has 0 aliphatic carbocycles. The lowest BCUT2D eigenvalue weighted by Gasteiger charge is -2.07. The minimum absolute atomic E-state index is 0.323. The first-order chi connectivity index (χ1) is 10.2. The van der Waals surface area contributed by atoms with Crippen LogP contribution in [0.1, 0.15) is 10.4 Å². The third kappa shape index (κ3) is 4.67. The SMILES string of the molecule is NNC(=O)c1ccc(OCCSc2ccccc2Cl)cc1. The fourth-order valence-corrected chi connectivity index (χ4v) is 2.73. The summed E-state index contributed by atoms with van der Waals surface area (Å²) in [7, 11) is 0. The van der Waals surface area contributed by atoms with Crippen LogP contribution in [-0.2, 0) is 0 Å². The Labute approximate surface area is 132 Å². The van der Waals surface area contributed by atoms with E-state index in [9.17, 15) is 4.79 Å². The average molecular weight is 323 g/mol. The molecule has 0 saturated heterocycles. The van der Waals surface area contributed by atoms with E-state index in [2.05, 4.69) is 5.43 Å². The van der Waals surface area contributed by atoms with E-state index in [-0.39, 0.29) is 5.91 Å². The number of carbonyl (C=O) groups excluding carboxylic acids is 1. The second-order valence-corrected chi connectivity index (χ2v) is 5.67. The second kappa shape index (κ2) is 7.93. The smallest absolute Gasteiger partial charge is 0.265 e. The van der Waals surface area contributed by atoms with Crippen LogP contribution in [0.5, 0.6) is 5.75 Å². The molecule has 0 aliphatic rings. The highest BCUT2D eigenvalue weighted by molar-refractivity contribution is 7.99. The quantitative estimate of drug-likeness (QED) is 0.282. The van der Waals surface area contributed by atoms with E-state index in [4.69, 9.17) is 22.2 Å². The Bertz CT molecular complexity index is 605. The molecule has 0 aliphatic heterocycles. The van der Waals surface area contributed by atoms with Gasteiger partial charge in [-0.3, -0.25) is 10.2 Å². The Kier molecular flexibility index (Phi) is 5.92. The number of hydrogen-bond donors (Lipinski definition) is 2. The molecule has 3 N–H and O–H groups in total. The molecule has 2 aromatic rings. The molecule has 2 aromatic carbocycles. The number of hydrazine groups is 1. The summed E-state index contributed by atoms with van der Waals surface area (Å²) < 4.78 is 5.61. The average Bonchev–Trinajstić information content (AvgIpc) is 2.53. The van der Waals surface area contributed by atoms with Crippen LogP contribution in [-0.4, -0.2) is 18.3 Å². The van der Waals surface area contributed by atoms with E-state index >= 15 is 0 Å². The van der Waals surface area contributed by atoms with Gasteiger partial charge in [0, 0.05) is 16.2 Å². The van der Waals surface area contributed by atoms with Gasteiger partial charge >= 0.3 is 0 Å². The van der Waals surface area contributed by atoms with Crippen molar-refractivity contribution < 1.29 is 9.53 Å². The van der Waals surface area contributed by atoms with Crippen LogP contribution in [0, 0.1) is 0 Å². The lowest BCUT2D eigenvalue weighted by atomic mass is 10.2. The standard InChI is InChI=1S/C15H15ClN2O2S/c16-13-3-1-2-4-14(13)21-10-9-20-12-7-5-11(6-8-12)15(19)18-17/h1-8H,9-10,17H2,(H,18,19). The monoisotopic (exact) mass is 322 g/mol. The lowest BCUT2D eigenvalue weighted by Crippen LogP contribution is -2.29. The number of nitrogen functional groups attached to an aromatic ring is 1. The number of thioether (sulfide) groups is 1. The predicted molar refractivity (Wildman–Crippen MR) is 85.8 cm³/mol. The maximum absolute atomic E-state index is 11.3. The molecule has 2 rings (SSSR count). The number of benzene rings is 2. The van der Waals surface area contributed by atoms with Crippen molar-refractivity contribution >= 4 is 29.3 Å². The van der Waals surface area contributed by atoms with Crippen LogP contribution in [0.2, 0.25) is 5.02 Å². The fraction of sp³-hybridized carbons (Fsp3) is 0.133. The summed E-state index contributed by atoms with van der Waals surface area (Å²) in [6.07, 6.45) is 0. The number of hydrogen-bond acceptors (Lipinski definition) is 4. The Morgan fingerprint density at radius 2 is 1.90 bits per heavy atom. The van der Waals surface area contributed by atoms with Crippen molar-refractivity contribution in [3.8, 4) is 5.75 Å². The lowest BCUT2D eigenvalue weighted by molar-refractivity contribution is 0.0953. The van der Waals surface area contributed by atoms with Gasteiger partial charge in [0.2, 0.25) is 0 Å². The van der Waals surface area contributed by atoms with Crippen LogP contribution in [0.4, 0.5) is 0 Å². The normalized spacial score (nSPS) is 10.2. The zero-order chi connectivity index (χ0) is 15.1. The molecule has 0 spiro atoms. The Morgan fingerprint density at radius 3 is 2.57 bits per heavy atom. The number of ether oxygens (including phenoxy) is 1. The van der Waals surface area contributed by atoms with Crippen LogP contribution in [0.3, 0.4) is 0 Å². The Balaban J connectivity index is 1.79. The molecule has 110 valence electrons. The highest BCUT2D eigenvalue weighted by Crippen LogP contribution is 2.26. The molecule has 0 fully saturated rings. The Hall–Kier alpha value is -1.69. The van der Waals surface area contributed by atoms with Crippen molar-refractivity contribution in [2.75, 3.05) is 12.4 Å². The highest BCUT2D eigenvalue weighted by atomic mass is 35.5. The van der Waals surface area contributed by atoms with Crippen LogP contribution < -0.4 is 16.0 Å². The molecule has 0 atom stereocenters. The summed E-state index contributed by atoms with van der Waals surface area (Å²) in [5.74, 6) is 6.24. The first kappa shape index (κ1) is 15.7. The van der Waals surface area contributed by atoms with Gasteiger partial charge in [-0.2, -0.15) is 0 Å². The summed E-state index contributed by atoms with van der Waals surface area (Å²) in [5.41, 5.74) is 2.58. The van der Waals surface area contributed by atoms with Gasteiger partial charge in [0.05, 0.1) is 11.6 Å². The molecule has 0 radical (unpaired) electrons. The molecule has 0 heterocycles. The van der Waals surface area contributed by atoms with Crippen LogP contribution >= 0.6 is 23.4 Å². The van der Waals surface area contributed by atoms with E-state index < -0.39 is 0 Å². The third-order valence-corrected chi connectivity index (χ3v) is 4.17. The third-order valence-electron chi connectivity index (χ3n) is 2.69. The van der Waals surface area contributed by atoms with Gasteiger partial charge in [0.15, 0.2) is 0 Å². The van der Waals surface area contributed by atoms with Gasteiger partial charge in [-0.1, -0.05) is 23.7 Å². The van der Waals surface area contributed by atoms with Crippen molar-refractivity contribution in [2.24, 2.45) is 5.84 Å². The van der Waals surface area contributed by atoms with Crippen molar-refractivity contribution in [1.29, 1.82) is 0 Å². The molecule has 0 bridgehead atoms. The number of carbonyl (C=O) groups is 1. The van der Waals surface area contributed by atoms with Gasteiger partial charge in [0.25, 0.3) is 5.91 Å². The molecule has 4 nitrogen and oxygen atoms in total. The first-order valence-corrected chi connectivity index (χ1v) is 7.68. The zero-order valence-electron chi connectivity index (χ0n) is 11.2. The minimum Gasteiger partial charge on any atom is -0.493 e. The zero-order valence-corrected chi connectivity index (χ0v) is 12.8. The van der Waals surface area contributed by atoms with Gasteiger partial charge < -0.3 is 4.74 Å². The van der Waals surface area contributed by atoms with Gasteiger partial charge in [-0.25, -0.2) is 5.84 Å². The molecule has 21 heavy (non-hydrogen) atoms. The summed E-state index contributed by atoms with van der Waals surface area (Å²) in [6.45, 7) is 0.554. The van der Waals surface area contributed by atoms with Crippen molar-refractivity contribution in [3.63, 3.8) is 0 Å². The molecule has 0 unspecified atom stereocenters. The van der Waals surface area contributed by atoms with Gasteiger partial charge in [0.1, 0.15) is 5.75 Å². The minimum atomic E-state index is -0.323. The molecule has 6 heteroatoms. The van der Waals surface area contributed by atoms with Crippen LogP contribution in [0.25, 0.3) is 0 Å². The van der Waals surface area contributed by atoms with Gasteiger partial charge in [-0.05, 0) is 36.4 Å². The topological polar surface area (TPSA) is 64.3 Å². The first-order valence-electron chi connectivity index (χ1n) is 6.32. The number of nitrogens with two attached hydrogens (primary N) is 1. The van der Waals surface area contributed by atoms with E-state index in [0.29, 0.717) is 17.9 Å². The van der Waals surface area contributed by atoms with E-state index in [0.717, 1.165) is 15.7 Å². The van der Waals surface area contributed by atoms with Crippen molar-refractivity contribution in [3.05, 3.63) is 59.1 Å². The number of amides is 1. The van der Waals surface area contributed by atoms with E-state index in [1.54, 1.807) is 36.0 Å².